The van der Waals surface area contributed by atoms with Crippen molar-refractivity contribution in [2.24, 2.45) is 0 Å². The van der Waals surface area contributed by atoms with Gasteiger partial charge in [-0.3, -0.25) is 5.10 Å². The number of aromatic amines is 1. The van der Waals surface area contributed by atoms with E-state index in [1.165, 1.54) is 0 Å². The Bertz CT molecular complexity index is 443. The molecule has 3 heterocycles. The molecule has 2 N–H and O–H groups in total. The van der Waals surface area contributed by atoms with Gasteiger partial charge in [0.05, 0.1) is 6.26 Å². The monoisotopic (exact) mass is 219 g/mol. The maximum absolute atomic E-state index is 5.26. The van der Waals surface area contributed by atoms with Crippen molar-refractivity contribution in [3.8, 4) is 11.6 Å². The minimum Gasteiger partial charge on any atom is -0.461 e. The van der Waals surface area contributed by atoms with Gasteiger partial charge in [0.1, 0.15) is 0 Å². The molecule has 0 bridgehead atoms. The van der Waals surface area contributed by atoms with Crippen molar-refractivity contribution in [3.05, 3.63) is 18.4 Å². The standard InChI is InChI=1S/C10H13N5O/c1-2-8(16-7-1)9-12-10(14-13-9)15-5-3-11-4-6-15/h1-2,7,11H,3-6H2,(H,12,13,14). The molecule has 6 heteroatoms. The minimum absolute atomic E-state index is 0.679. The second-order valence-corrected chi connectivity index (χ2v) is 3.70. The van der Waals surface area contributed by atoms with Crippen LogP contribution < -0.4 is 10.2 Å². The molecule has 2 aromatic heterocycles. The first kappa shape index (κ1) is 9.41. The Morgan fingerprint density at radius 2 is 2.19 bits per heavy atom. The van der Waals surface area contributed by atoms with E-state index in [-0.39, 0.29) is 0 Å². The van der Waals surface area contributed by atoms with Crippen LogP contribution in [0, 0.1) is 0 Å². The zero-order valence-corrected chi connectivity index (χ0v) is 8.81. The molecule has 84 valence electrons. The van der Waals surface area contributed by atoms with Crippen LogP contribution in [0.4, 0.5) is 5.95 Å². The average Bonchev–Trinajstić information content (AvgIpc) is 3.01. The van der Waals surface area contributed by atoms with Gasteiger partial charge in [0, 0.05) is 26.2 Å². The van der Waals surface area contributed by atoms with Crippen LogP contribution in [0.15, 0.2) is 22.8 Å². The third-order valence-electron chi connectivity index (χ3n) is 2.63. The number of furan rings is 1. The molecule has 0 amide bonds. The van der Waals surface area contributed by atoms with Crippen LogP contribution in [0.3, 0.4) is 0 Å². The van der Waals surface area contributed by atoms with Gasteiger partial charge in [-0.1, -0.05) is 0 Å². The molecule has 1 saturated heterocycles. The zero-order valence-electron chi connectivity index (χ0n) is 8.81. The summed E-state index contributed by atoms with van der Waals surface area (Å²) in [4.78, 5) is 6.57. The maximum atomic E-state index is 5.26. The highest BCUT2D eigenvalue weighted by atomic mass is 16.3. The molecule has 0 unspecified atom stereocenters. The summed E-state index contributed by atoms with van der Waals surface area (Å²) in [5.74, 6) is 2.14. The summed E-state index contributed by atoms with van der Waals surface area (Å²) in [6.07, 6.45) is 1.63. The summed E-state index contributed by atoms with van der Waals surface area (Å²) in [6, 6.07) is 3.70. The Morgan fingerprint density at radius 3 is 2.94 bits per heavy atom. The van der Waals surface area contributed by atoms with Crippen molar-refractivity contribution in [3.63, 3.8) is 0 Å². The highest BCUT2D eigenvalue weighted by Gasteiger charge is 2.16. The van der Waals surface area contributed by atoms with Crippen LogP contribution >= 0.6 is 0 Å². The van der Waals surface area contributed by atoms with E-state index < -0.39 is 0 Å². The largest absolute Gasteiger partial charge is 0.461 e. The first-order chi connectivity index (χ1) is 7.93. The van der Waals surface area contributed by atoms with E-state index in [2.05, 4.69) is 25.4 Å². The highest BCUT2D eigenvalue weighted by Crippen LogP contribution is 2.17. The fourth-order valence-electron chi connectivity index (χ4n) is 1.78. The van der Waals surface area contributed by atoms with Gasteiger partial charge >= 0.3 is 0 Å². The Hall–Kier alpha value is -1.82. The van der Waals surface area contributed by atoms with Crippen molar-refractivity contribution in [2.45, 2.75) is 0 Å². The van der Waals surface area contributed by atoms with Gasteiger partial charge in [0.2, 0.25) is 5.95 Å². The van der Waals surface area contributed by atoms with Crippen molar-refractivity contribution >= 4 is 5.95 Å². The molecule has 16 heavy (non-hydrogen) atoms. The van der Waals surface area contributed by atoms with E-state index in [0.717, 1.165) is 32.1 Å². The molecule has 1 aliphatic heterocycles. The molecular formula is C10H13N5O. The Kier molecular flexibility index (Phi) is 2.34. The van der Waals surface area contributed by atoms with Gasteiger partial charge in [0.25, 0.3) is 0 Å². The quantitative estimate of drug-likeness (QED) is 0.768. The van der Waals surface area contributed by atoms with Crippen LogP contribution in [0.25, 0.3) is 11.6 Å². The van der Waals surface area contributed by atoms with Crippen molar-refractivity contribution in [2.75, 3.05) is 31.1 Å². The van der Waals surface area contributed by atoms with Gasteiger partial charge in [0.15, 0.2) is 11.6 Å². The van der Waals surface area contributed by atoms with Gasteiger partial charge in [-0.2, -0.15) is 4.98 Å². The molecular weight excluding hydrogens is 206 g/mol. The summed E-state index contributed by atoms with van der Waals surface area (Å²) < 4.78 is 5.26. The lowest BCUT2D eigenvalue weighted by Gasteiger charge is -2.25. The fourth-order valence-corrected chi connectivity index (χ4v) is 1.78. The second-order valence-electron chi connectivity index (χ2n) is 3.70. The van der Waals surface area contributed by atoms with Crippen LogP contribution in [-0.2, 0) is 0 Å². The lowest BCUT2D eigenvalue weighted by atomic mass is 10.4. The van der Waals surface area contributed by atoms with Gasteiger partial charge in [-0.15, -0.1) is 5.10 Å². The summed E-state index contributed by atoms with van der Waals surface area (Å²) in [7, 11) is 0. The highest BCUT2D eigenvalue weighted by molar-refractivity contribution is 5.48. The van der Waals surface area contributed by atoms with Crippen molar-refractivity contribution < 1.29 is 4.42 Å². The number of nitrogens with one attached hydrogen (secondary N) is 2. The van der Waals surface area contributed by atoms with Crippen LogP contribution in [0.2, 0.25) is 0 Å². The third kappa shape index (κ3) is 1.67. The molecule has 1 aliphatic rings. The number of piperazine rings is 1. The maximum Gasteiger partial charge on any atom is 0.245 e. The fraction of sp³-hybridized carbons (Fsp3) is 0.400. The predicted octanol–water partition coefficient (Wildman–Crippen LogP) is 0.474. The molecule has 3 rings (SSSR count). The van der Waals surface area contributed by atoms with Crippen molar-refractivity contribution in [1.82, 2.24) is 20.5 Å². The molecule has 1 fully saturated rings. The van der Waals surface area contributed by atoms with E-state index in [1.807, 2.05) is 12.1 Å². The molecule has 0 aromatic carbocycles. The molecule has 0 spiro atoms. The van der Waals surface area contributed by atoms with E-state index in [4.69, 9.17) is 4.42 Å². The number of hydrogen-bond acceptors (Lipinski definition) is 5. The number of rotatable bonds is 2. The summed E-state index contributed by atoms with van der Waals surface area (Å²) >= 11 is 0. The molecule has 0 atom stereocenters. The van der Waals surface area contributed by atoms with E-state index in [1.54, 1.807) is 6.26 Å². The van der Waals surface area contributed by atoms with Crippen LogP contribution in [0.5, 0.6) is 0 Å². The van der Waals surface area contributed by atoms with Crippen LogP contribution in [-0.4, -0.2) is 41.4 Å². The molecule has 0 aliphatic carbocycles. The predicted molar refractivity (Wildman–Crippen MR) is 59.2 cm³/mol. The average molecular weight is 219 g/mol. The lowest BCUT2D eigenvalue weighted by Crippen LogP contribution is -2.44. The molecule has 6 nitrogen and oxygen atoms in total. The van der Waals surface area contributed by atoms with E-state index in [9.17, 15) is 0 Å². The summed E-state index contributed by atoms with van der Waals surface area (Å²) in [5, 5.41) is 10.4. The number of anilines is 1. The van der Waals surface area contributed by atoms with Gasteiger partial charge in [-0.25, -0.2) is 0 Å². The smallest absolute Gasteiger partial charge is 0.245 e. The second kappa shape index (κ2) is 3.97. The first-order valence-corrected chi connectivity index (χ1v) is 5.35. The number of hydrogen-bond donors (Lipinski definition) is 2. The number of H-pyrrole nitrogens is 1. The summed E-state index contributed by atoms with van der Waals surface area (Å²) in [5.41, 5.74) is 0. The number of aromatic nitrogens is 3. The van der Waals surface area contributed by atoms with Crippen molar-refractivity contribution in [1.29, 1.82) is 0 Å². The zero-order chi connectivity index (χ0) is 10.8. The van der Waals surface area contributed by atoms with E-state index >= 15 is 0 Å². The molecule has 0 radical (unpaired) electrons. The Morgan fingerprint density at radius 1 is 1.31 bits per heavy atom. The summed E-state index contributed by atoms with van der Waals surface area (Å²) in [6.45, 7) is 3.83. The molecule has 0 saturated carbocycles. The third-order valence-corrected chi connectivity index (χ3v) is 2.63. The number of nitrogens with zero attached hydrogens (tertiary/aromatic N) is 3. The minimum atomic E-state index is 0.679. The van der Waals surface area contributed by atoms with Gasteiger partial charge in [-0.05, 0) is 12.1 Å². The van der Waals surface area contributed by atoms with Gasteiger partial charge < -0.3 is 14.6 Å². The first-order valence-electron chi connectivity index (χ1n) is 5.35. The van der Waals surface area contributed by atoms with E-state index in [0.29, 0.717) is 11.6 Å². The SMILES string of the molecule is c1coc(-c2nc(N3CCNCC3)n[nH]2)c1. The topological polar surface area (TPSA) is 70.0 Å². The lowest BCUT2D eigenvalue weighted by molar-refractivity contribution is 0.576. The Labute approximate surface area is 92.7 Å². The normalized spacial score (nSPS) is 16.6. The molecule has 2 aromatic rings. The van der Waals surface area contributed by atoms with Crippen LogP contribution in [0.1, 0.15) is 0 Å². The Balaban J connectivity index is 1.82.